The molecule has 1 unspecified atom stereocenters. The number of benzene rings is 1. The normalized spacial score (nSPS) is 13.5. The molecule has 8 heteroatoms. The van der Waals surface area contributed by atoms with E-state index in [1.54, 1.807) is 6.92 Å². The van der Waals surface area contributed by atoms with E-state index in [2.05, 4.69) is 10.3 Å². The van der Waals surface area contributed by atoms with Crippen LogP contribution in [0.1, 0.15) is 64.0 Å². The SMILES string of the molecule is CCC(NC(=O)Cc1[nH]c(C(C)=O)c(C)c1C(=O)OC)c1ccc2c(c1)OCCO2. The number of carbonyl (C=O) groups excluding carboxylic acids is 3. The van der Waals surface area contributed by atoms with Crippen LogP contribution in [0.25, 0.3) is 0 Å². The molecule has 2 aromatic rings. The van der Waals surface area contributed by atoms with Gasteiger partial charge in [-0.2, -0.15) is 0 Å². The van der Waals surface area contributed by atoms with Gasteiger partial charge in [0.1, 0.15) is 13.2 Å². The average Bonchev–Trinajstić information content (AvgIpc) is 3.07. The van der Waals surface area contributed by atoms with Crippen LogP contribution >= 0.6 is 0 Å². The van der Waals surface area contributed by atoms with Crippen molar-refractivity contribution in [2.24, 2.45) is 0 Å². The van der Waals surface area contributed by atoms with Crippen LogP contribution in [0.4, 0.5) is 0 Å². The van der Waals surface area contributed by atoms with Crippen molar-refractivity contribution in [2.45, 2.75) is 39.7 Å². The molecule has 0 saturated heterocycles. The number of esters is 1. The number of H-pyrrole nitrogens is 1. The van der Waals surface area contributed by atoms with Crippen LogP contribution in [0.5, 0.6) is 11.5 Å². The van der Waals surface area contributed by atoms with Gasteiger partial charge in [0.2, 0.25) is 5.91 Å². The molecule has 0 aliphatic carbocycles. The molecule has 8 nitrogen and oxygen atoms in total. The van der Waals surface area contributed by atoms with Crippen LogP contribution in [0.15, 0.2) is 18.2 Å². The van der Waals surface area contributed by atoms with Gasteiger partial charge in [0.15, 0.2) is 17.3 Å². The first-order valence-electron chi connectivity index (χ1n) is 9.85. The number of aromatic amines is 1. The van der Waals surface area contributed by atoms with E-state index in [1.165, 1.54) is 14.0 Å². The lowest BCUT2D eigenvalue weighted by molar-refractivity contribution is -0.121. The first-order chi connectivity index (χ1) is 14.3. The second kappa shape index (κ2) is 9.02. The molecule has 1 aromatic carbocycles. The Morgan fingerprint density at radius 3 is 2.53 bits per heavy atom. The summed E-state index contributed by atoms with van der Waals surface area (Å²) < 4.78 is 16.0. The van der Waals surface area contributed by atoms with Crippen molar-refractivity contribution in [1.29, 1.82) is 0 Å². The fourth-order valence-corrected chi connectivity index (χ4v) is 3.63. The zero-order valence-corrected chi connectivity index (χ0v) is 17.6. The van der Waals surface area contributed by atoms with Crippen LogP contribution in [-0.4, -0.2) is 43.0 Å². The molecule has 0 radical (unpaired) electrons. The highest BCUT2D eigenvalue weighted by molar-refractivity contribution is 6.01. The molecule has 0 spiro atoms. The van der Waals surface area contributed by atoms with Gasteiger partial charge in [-0.3, -0.25) is 9.59 Å². The zero-order chi connectivity index (χ0) is 21.8. The first-order valence-corrected chi connectivity index (χ1v) is 9.85. The predicted molar refractivity (Wildman–Crippen MR) is 109 cm³/mol. The molecule has 1 aliphatic heterocycles. The number of Topliss-reactive ketones (excluding diaryl/α,β-unsaturated/α-hetero) is 1. The van der Waals surface area contributed by atoms with Crippen LogP contribution < -0.4 is 14.8 Å². The number of nitrogens with one attached hydrogen (secondary N) is 2. The van der Waals surface area contributed by atoms with Gasteiger partial charge in [0.05, 0.1) is 30.8 Å². The Labute approximate surface area is 174 Å². The minimum absolute atomic E-state index is 0.0837. The number of ketones is 1. The minimum Gasteiger partial charge on any atom is -0.486 e. The van der Waals surface area contributed by atoms with E-state index in [-0.39, 0.29) is 29.7 Å². The van der Waals surface area contributed by atoms with Crippen molar-refractivity contribution in [3.8, 4) is 11.5 Å². The van der Waals surface area contributed by atoms with Gasteiger partial charge in [0, 0.05) is 12.6 Å². The molecule has 1 aromatic heterocycles. The Morgan fingerprint density at radius 1 is 1.20 bits per heavy atom. The van der Waals surface area contributed by atoms with Gasteiger partial charge < -0.3 is 24.5 Å². The van der Waals surface area contributed by atoms with Crippen molar-refractivity contribution in [2.75, 3.05) is 20.3 Å². The molecular weight excluding hydrogens is 388 g/mol. The molecule has 1 atom stereocenters. The summed E-state index contributed by atoms with van der Waals surface area (Å²) in [4.78, 5) is 39.7. The number of ether oxygens (including phenoxy) is 3. The third-order valence-corrected chi connectivity index (χ3v) is 5.12. The maximum absolute atomic E-state index is 12.8. The van der Waals surface area contributed by atoms with Crippen molar-refractivity contribution in [1.82, 2.24) is 10.3 Å². The molecule has 2 N–H and O–H groups in total. The van der Waals surface area contributed by atoms with E-state index < -0.39 is 5.97 Å². The second-order valence-electron chi connectivity index (χ2n) is 7.13. The second-order valence-corrected chi connectivity index (χ2v) is 7.13. The molecule has 30 heavy (non-hydrogen) atoms. The fraction of sp³-hybridized carbons (Fsp3) is 0.409. The standard InChI is InChI=1S/C22H26N2O6/c1-5-15(14-6-7-17-18(10-14)30-9-8-29-17)23-19(26)11-16-20(22(27)28-4)12(2)21(24-16)13(3)25/h6-7,10,15,24H,5,8-9,11H2,1-4H3,(H,23,26). The molecule has 0 bridgehead atoms. The molecule has 0 fully saturated rings. The molecule has 160 valence electrons. The van der Waals surface area contributed by atoms with Crippen molar-refractivity contribution < 1.29 is 28.6 Å². The van der Waals surface area contributed by atoms with Crippen LogP contribution in [0.3, 0.4) is 0 Å². The summed E-state index contributed by atoms with van der Waals surface area (Å²) in [5.41, 5.74) is 2.27. The summed E-state index contributed by atoms with van der Waals surface area (Å²) in [7, 11) is 1.26. The number of hydrogen-bond acceptors (Lipinski definition) is 6. The number of amides is 1. The maximum Gasteiger partial charge on any atom is 0.339 e. The summed E-state index contributed by atoms with van der Waals surface area (Å²) in [5.74, 6) is 0.265. The van der Waals surface area contributed by atoms with E-state index in [9.17, 15) is 14.4 Å². The van der Waals surface area contributed by atoms with E-state index in [1.807, 2.05) is 25.1 Å². The van der Waals surface area contributed by atoms with E-state index >= 15 is 0 Å². The van der Waals surface area contributed by atoms with E-state index in [4.69, 9.17) is 14.2 Å². The Kier molecular flexibility index (Phi) is 6.44. The fourth-order valence-electron chi connectivity index (χ4n) is 3.63. The van der Waals surface area contributed by atoms with Gasteiger partial charge in [-0.15, -0.1) is 0 Å². The maximum atomic E-state index is 12.8. The van der Waals surface area contributed by atoms with Crippen molar-refractivity contribution in [3.63, 3.8) is 0 Å². The monoisotopic (exact) mass is 414 g/mol. The topological polar surface area (TPSA) is 107 Å². The molecule has 3 rings (SSSR count). The number of hydrogen-bond donors (Lipinski definition) is 2. The lowest BCUT2D eigenvalue weighted by atomic mass is 10.0. The predicted octanol–water partition coefficient (Wildman–Crippen LogP) is 2.89. The zero-order valence-electron chi connectivity index (χ0n) is 17.6. The highest BCUT2D eigenvalue weighted by Gasteiger charge is 2.25. The molecule has 1 aliphatic rings. The summed E-state index contributed by atoms with van der Waals surface area (Å²) in [6, 6.07) is 5.36. The van der Waals surface area contributed by atoms with Crippen molar-refractivity contribution >= 4 is 17.7 Å². The number of aromatic nitrogens is 1. The number of methoxy groups -OCH3 is 1. The van der Waals surface area contributed by atoms with E-state index in [0.29, 0.717) is 48.1 Å². The molecule has 2 heterocycles. The molecule has 1 amide bonds. The van der Waals surface area contributed by atoms with E-state index in [0.717, 1.165) is 5.56 Å². The third kappa shape index (κ3) is 4.32. The summed E-state index contributed by atoms with van der Waals surface area (Å²) in [5, 5.41) is 2.99. The minimum atomic E-state index is -0.585. The largest absolute Gasteiger partial charge is 0.486 e. The average molecular weight is 414 g/mol. The Morgan fingerprint density at radius 2 is 1.90 bits per heavy atom. The van der Waals surface area contributed by atoms with Gasteiger partial charge in [-0.05, 0) is 36.6 Å². The van der Waals surface area contributed by atoms with Gasteiger partial charge in [0.25, 0.3) is 0 Å². The third-order valence-electron chi connectivity index (χ3n) is 5.12. The Bertz CT molecular complexity index is 978. The summed E-state index contributed by atoms with van der Waals surface area (Å²) >= 11 is 0. The van der Waals surface area contributed by atoms with Gasteiger partial charge >= 0.3 is 5.97 Å². The van der Waals surface area contributed by atoms with Crippen LogP contribution in [-0.2, 0) is 16.0 Å². The van der Waals surface area contributed by atoms with Crippen LogP contribution in [0, 0.1) is 6.92 Å². The summed E-state index contributed by atoms with van der Waals surface area (Å²) in [6.07, 6.45) is 0.581. The van der Waals surface area contributed by atoms with Crippen LogP contribution in [0.2, 0.25) is 0 Å². The first kappa shape index (κ1) is 21.4. The Hall–Kier alpha value is -3.29. The highest BCUT2D eigenvalue weighted by Crippen LogP contribution is 2.33. The Balaban J connectivity index is 1.80. The lowest BCUT2D eigenvalue weighted by Gasteiger charge is -2.22. The van der Waals surface area contributed by atoms with Crippen molar-refractivity contribution in [3.05, 3.63) is 46.3 Å². The number of carbonyl (C=O) groups is 3. The highest BCUT2D eigenvalue weighted by atomic mass is 16.6. The molecular formula is C22H26N2O6. The number of rotatable bonds is 7. The quantitative estimate of drug-likeness (QED) is 0.533. The lowest BCUT2D eigenvalue weighted by Crippen LogP contribution is -2.30. The summed E-state index contributed by atoms with van der Waals surface area (Å²) in [6.45, 7) is 6.03. The van der Waals surface area contributed by atoms with Gasteiger partial charge in [-0.1, -0.05) is 13.0 Å². The van der Waals surface area contributed by atoms with Gasteiger partial charge in [-0.25, -0.2) is 4.79 Å². The molecule has 0 saturated carbocycles. The number of fused-ring (bicyclic) bond motifs is 1. The smallest absolute Gasteiger partial charge is 0.339 e.